The Hall–Kier alpha value is -0.0800. The van der Waals surface area contributed by atoms with Crippen LogP contribution in [0.1, 0.15) is 39.0 Å². The summed E-state index contributed by atoms with van der Waals surface area (Å²) in [5, 5.41) is 10.2. The van der Waals surface area contributed by atoms with Crippen molar-refractivity contribution in [2.24, 2.45) is 29.4 Å². The molecule has 0 amide bonds. The van der Waals surface area contributed by atoms with Crippen LogP contribution in [0.5, 0.6) is 0 Å². The van der Waals surface area contributed by atoms with Crippen LogP contribution >= 0.6 is 0 Å². The second-order valence-corrected chi connectivity index (χ2v) is 5.08. The maximum Gasteiger partial charge on any atom is 0.0613 e. The van der Waals surface area contributed by atoms with E-state index < -0.39 is 0 Å². The lowest BCUT2D eigenvalue weighted by molar-refractivity contribution is 0.0789. The summed E-state index contributed by atoms with van der Waals surface area (Å²) in [6.07, 6.45) is 6.38. The first-order chi connectivity index (χ1) is 6.79. The number of aliphatic hydroxyl groups is 1. The predicted molar refractivity (Wildman–Crippen MR) is 57.8 cm³/mol. The van der Waals surface area contributed by atoms with Crippen molar-refractivity contribution in [2.45, 2.75) is 45.1 Å². The standard InChI is InChI=1S/C12H23NO/c1-2-8(7-13)12(14)11-9-5-3-4-6-10(9)11/h8-12,14H,2-7,13H2,1H3. The number of nitrogens with two attached hydrogens (primary N) is 1. The molecule has 2 fully saturated rings. The van der Waals surface area contributed by atoms with Gasteiger partial charge in [-0.25, -0.2) is 0 Å². The van der Waals surface area contributed by atoms with Crippen molar-refractivity contribution in [1.82, 2.24) is 0 Å². The van der Waals surface area contributed by atoms with Gasteiger partial charge in [-0.2, -0.15) is 0 Å². The van der Waals surface area contributed by atoms with Gasteiger partial charge in [0.2, 0.25) is 0 Å². The van der Waals surface area contributed by atoms with Gasteiger partial charge < -0.3 is 10.8 Å². The summed E-state index contributed by atoms with van der Waals surface area (Å²) >= 11 is 0. The molecule has 0 heterocycles. The molecule has 4 unspecified atom stereocenters. The zero-order valence-electron chi connectivity index (χ0n) is 9.15. The van der Waals surface area contributed by atoms with Crippen LogP contribution in [0.25, 0.3) is 0 Å². The highest BCUT2D eigenvalue weighted by Gasteiger charge is 2.54. The maximum absolute atomic E-state index is 10.2. The molecule has 0 radical (unpaired) electrons. The monoisotopic (exact) mass is 197 g/mol. The molecule has 0 aliphatic heterocycles. The molecule has 2 heteroatoms. The first kappa shape index (κ1) is 10.4. The van der Waals surface area contributed by atoms with Gasteiger partial charge in [-0.15, -0.1) is 0 Å². The predicted octanol–water partition coefficient (Wildman–Crippen LogP) is 1.77. The first-order valence-electron chi connectivity index (χ1n) is 6.17. The normalized spacial score (nSPS) is 40.1. The molecule has 14 heavy (non-hydrogen) atoms. The number of hydrogen-bond acceptors (Lipinski definition) is 2. The van der Waals surface area contributed by atoms with E-state index in [1.165, 1.54) is 25.7 Å². The van der Waals surface area contributed by atoms with E-state index in [1.54, 1.807) is 0 Å². The summed E-state index contributed by atoms with van der Waals surface area (Å²) < 4.78 is 0. The van der Waals surface area contributed by atoms with Crippen molar-refractivity contribution in [3.05, 3.63) is 0 Å². The smallest absolute Gasteiger partial charge is 0.0613 e. The lowest BCUT2D eigenvalue weighted by atomic mass is 9.94. The molecular formula is C12H23NO. The zero-order valence-corrected chi connectivity index (χ0v) is 9.15. The quantitative estimate of drug-likeness (QED) is 0.721. The van der Waals surface area contributed by atoms with E-state index in [0.29, 0.717) is 18.4 Å². The summed E-state index contributed by atoms with van der Waals surface area (Å²) in [4.78, 5) is 0. The molecule has 0 aromatic rings. The van der Waals surface area contributed by atoms with Crippen LogP contribution in [0.4, 0.5) is 0 Å². The van der Waals surface area contributed by atoms with Gasteiger partial charge in [0.1, 0.15) is 0 Å². The van der Waals surface area contributed by atoms with E-state index in [2.05, 4.69) is 6.92 Å². The molecule has 4 atom stereocenters. The zero-order chi connectivity index (χ0) is 10.1. The van der Waals surface area contributed by atoms with Gasteiger partial charge in [0.25, 0.3) is 0 Å². The van der Waals surface area contributed by atoms with Crippen LogP contribution in [0, 0.1) is 23.7 Å². The van der Waals surface area contributed by atoms with Crippen LogP contribution < -0.4 is 5.73 Å². The Kier molecular flexibility index (Phi) is 3.13. The van der Waals surface area contributed by atoms with Crippen molar-refractivity contribution >= 4 is 0 Å². The Morgan fingerprint density at radius 1 is 1.29 bits per heavy atom. The molecular weight excluding hydrogens is 174 g/mol. The minimum Gasteiger partial charge on any atom is -0.392 e. The molecule has 0 aromatic heterocycles. The van der Waals surface area contributed by atoms with Gasteiger partial charge in [-0.3, -0.25) is 0 Å². The van der Waals surface area contributed by atoms with Gasteiger partial charge in [-0.05, 0) is 49.5 Å². The largest absolute Gasteiger partial charge is 0.392 e. The average molecular weight is 197 g/mol. The first-order valence-corrected chi connectivity index (χ1v) is 6.17. The van der Waals surface area contributed by atoms with Crippen LogP contribution in [-0.2, 0) is 0 Å². The second-order valence-electron chi connectivity index (χ2n) is 5.08. The fourth-order valence-corrected chi connectivity index (χ4v) is 3.42. The third kappa shape index (κ3) is 1.70. The number of rotatable bonds is 4. The molecule has 0 spiro atoms. The van der Waals surface area contributed by atoms with E-state index >= 15 is 0 Å². The molecule has 2 aliphatic carbocycles. The minimum absolute atomic E-state index is 0.113. The summed E-state index contributed by atoms with van der Waals surface area (Å²) in [6.45, 7) is 2.78. The van der Waals surface area contributed by atoms with E-state index in [4.69, 9.17) is 5.73 Å². The lowest BCUT2D eigenvalue weighted by Crippen LogP contribution is -2.29. The van der Waals surface area contributed by atoms with Gasteiger partial charge >= 0.3 is 0 Å². The average Bonchev–Trinajstić information content (AvgIpc) is 2.93. The van der Waals surface area contributed by atoms with Crippen LogP contribution in [0.2, 0.25) is 0 Å². The third-order valence-corrected chi connectivity index (χ3v) is 4.43. The molecule has 82 valence electrons. The van der Waals surface area contributed by atoms with Crippen LogP contribution in [-0.4, -0.2) is 17.8 Å². The molecule has 2 saturated carbocycles. The van der Waals surface area contributed by atoms with Gasteiger partial charge in [0.05, 0.1) is 6.10 Å². The fraction of sp³-hybridized carbons (Fsp3) is 1.00. The van der Waals surface area contributed by atoms with E-state index in [0.717, 1.165) is 18.3 Å². The molecule has 0 aromatic carbocycles. The minimum atomic E-state index is -0.113. The highest BCUT2D eigenvalue weighted by atomic mass is 16.3. The Bertz CT molecular complexity index is 179. The SMILES string of the molecule is CCC(CN)C(O)C1C2CCCCC21. The Balaban J connectivity index is 1.89. The highest BCUT2D eigenvalue weighted by molar-refractivity contribution is 5.03. The molecule has 3 N–H and O–H groups in total. The van der Waals surface area contributed by atoms with E-state index in [9.17, 15) is 5.11 Å². The fourth-order valence-electron chi connectivity index (χ4n) is 3.42. The Labute approximate surface area is 86.9 Å². The van der Waals surface area contributed by atoms with Crippen molar-refractivity contribution in [3.8, 4) is 0 Å². The summed E-state index contributed by atoms with van der Waals surface area (Å²) in [5.74, 6) is 2.63. The van der Waals surface area contributed by atoms with Crippen molar-refractivity contribution in [1.29, 1.82) is 0 Å². The summed E-state index contributed by atoms with van der Waals surface area (Å²) in [7, 11) is 0. The topological polar surface area (TPSA) is 46.2 Å². The number of fused-ring (bicyclic) bond motifs is 1. The molecule has 0 bridgehead atoms. The van der Waals surface area contributed by atoms with Crippen molar-refractivity contribution in [2.75, 3.05) is 6.54 Å². The van der Waals surface area contributed by atoms with E-state index in [1.807, 2.05) is 0 Å². The third-order valence-electron chi connectivity index (χ3n) is 4.43. The number of hydrogen-bond donors (Lipinski definition) is 2. The summed E-state index contributed by atoms with van der Waals surface area (Å²) in [6, 6.07) is 0. The van der Waals surface area contributed by atoms with E-state index in [-0.39, 0.29) is 6.10 Å². The molecule has 2 rings (SSSR count). The number of aliphatic hydroxyl groups excluding tert-OH is 1. The van der Waals surface area contributed by atoms with Crippen LogP contribution in [0.15, 0.2) is 0 Å². The summed E-state index contributed by atoms with van der Waals surface area (Å²) in [5.41, 5.74) is 5.68. The second kappa shape index (κ2) is 4.19. The van der Waals surface area contributed by atoms with Crippen molar-refractivity contribution < 1.29 is 5.11 Å². The van der Waals surface area contributed by atoms with Crippen molar-refractivity contribution in [3.63, 3.8) is 0 Å². The van der Waals surface area contributed by atoms with Gasteiger partial charge in [0.15, 0.2) is 0 Å². The van der Waals surface area contributed by atoms with Crippen LogP contribution in [0.3, 0.4) is 0 Å². The molecule has 0 saturated heterocycles. The maximum atomic E-state index is 10.2. The van der Waals surface area contributed by atoms with Gasteiger partial charge in [-0.1, -0.05) is 19.8 Å². The molecule has 2 aliphatic rings. The van der Waals surface area contributed by atoms with Gasteiger partial charge in [0, 0.05) is 0 Å². The Morgan fingerprint density at radius 3 is 2.29 bits per heavy atom. The Morgan fingerprint density at radius 2 is 1.86 bits per heavy atom. The molecule has 2 nitrogen and oxygen atoms in total. The highest BCUT2D eigenvalue weighted by Crippen LogP contribution is 2.58. The lowest BCUT2D eigenvalue weighted by Gasteiger charge is -2.20.